The fourth-order valence-electron chi connectivity index (χ4n) is 1.76. The molecule has 5 nitrogen and oxygen atoms in total. The Balaban J connectivity index is 2.40. The minimum Gasteiger partial charge on any atom is -0.481 e. The predicted molar refractivity (Wildman–Crippen MR) is 64.7 cm³/mol. The lowest BCUT2D eigenvalue weighted by Gasteiger charge is -2.22. The van der Waals surface area contributed by atoms with E-state index >= 15 is 0 Å². The normalized spacial score (nSPS) is 21.6. The third kappa shape index (κ3) is 4.34. The summed E-state index contributed by atoms with van der Waals surface area (Å²) >= 11 is 0. The maximum atomic E-state index is 11.9. The number of rotatable bonds is 4. The summed E-state index contributed by atoms with van der Waals surface area (Å²) in [6.07, 6.45) is 4.13. The van der Waals surface area contributed by atoms with Crippen molar-refractivity contribution in [2.45, 2.75) is 45.6 Å². The summed E-state index contributed by atoms with van der Waals surface area (Å²) in [7, 11) is 0. The number of hydrogen-bond acceptors (Lipinski definition) is 3. The number of carbonyl (C=O) groups excluding carboxylic acids is 1. The topological polar surface area (TPSA) is 78.4 Å². The summed E-state index contributed by atoms with van der Waals surface area (Å²) in [5.74, 6) is -0.979. The number of carbonyl (C=O) groups is 2. The molecule has 1 atom stereocenters. The molecule has 1 aliphatic heterocycles. The van der Waals surface area contributed by atoms with Crippen LogP contribution < -0.4 is 10.6 Å². The standard InChI is InChI=1S/C12H22N2O3/c1-12(2,11(16)17)8-14-10(15)9-6-4-3-5-7-13-9/h9,13H,3-8H2,1-2H3,(H,14,15)(H,16,17). The molecule has 0 bridgehead atoms. The lowest BCUT2D eigenvalue weighted by molar-refractivity contribution is -0.146. The average Bonchev–Trinajstić information content (AvgIpc) is 2.54. The van der Waals surface area contributed by atoms with Gasteiger partial charge in [0.05, 0.1) is 11.5 Å². The Morgan fingerprint density at radius 3 is 2.71 bits per heavy atom. The van der Waals surface area contributed by atoms with Crippen molar-refractivity contribution in [3.63, 3.8) is 0 Å². The molecular formula is C12H22N2O3. The van der Waals surface area contributed by atoms with Gasteiger partial charge in [-0.25, -0.2) is 0 Å². The zero-order chi connectivity index (χ0) is 12.9. The van der Waals surface area contributed by atoms with Crippen molar-refractivity contribution in [3.8, 4) is 0 Å². The summed E-state index contributed by atoms with van der Waals surface area (Å²) in [4.78, 5) is 22.8. The second-order valence-electron chi connectivity index (χ2n) is 5.26. The van der Waals surface area contributed by atoms with E-state index in [4.69, 9.17) is 5.11 Å². The first-order chi connectivity index (χ1) is 7.93. The number of nitrogens with one attached hydrogen (secondary N) is 2. The Hall–Kier alpha value is -1.10. The average molecular weight is 242 g/mol. The molecule has 0 saturated carbocycles. The van der Waals surface area contributed by atoms with E-state index in [1.54, 1.807) is 13.8 Å². The van der Waals surface area contributed by atoms with E-state index in [1.165, 1.54) is 0 Å². The molecule has 5 heteroatoms. The van der Waals surface area contributed by atoms with Gasteiger partial charge in [-0.15, -0.1) is 0 Å². The Morgan fingerprint density at radius 1 is 1.35 bits per heavy atom. The van der Waals surface area contributed by atoms with E-state index in [2.05, 4.69) is 10.6 Å². The Kier molecular flexibility index (Phi) is 4.93. The van der Waals surface area contributed by atoms with Gasteiger partial charge >= 0.3 is 5.97 Å². The number of hydrogen-bond donors (Lipinski definition) is 3. The maximum Gasteiger partial charge on any atom is 0.310 e. The van der Waals surface area contributed by atoms with Gasteiger partial charge in [-0.3, -0.25) is 9.59 Å². The van der Waals surface area contributed by atoms with Gasteiger partial charge in [0.15, 0.2) is 0 Å². The molecule has 1 aliphatic rings. The Morgan fingerprint density at radius 2 is 2.06 bits per heavy atom. The van der Waals surface area contributed by atoms with Crippen LogP contribution in [0.25, 0.3) is 0 Å². The third-order valence-electron chi connectivity index (χ3n) is 3.16. The molecule has 0 aromatic carbocycles. The summed E-state index contributed by atoms with van der Waals surface area (Å²) in [6, 6.07) is -0.165. The smallest absolute Gasteiger partial charge is 0.310 e. The lowest BCUT2D eigenvalue weighted by atomic mass is 9.94. The van der Waals surface area contributed by atoms with Crippen LogP contribution in [0.1, 0.15) is 39.5 Å². The van der Waals surface area contributed by atoms with Gasteiger partial charge in [0, 0.05) is 6.54 Å². The van der Waals surface area contributed by atoms with Gasteiger partial charge < -0.3 is 15.7 Å². The molecule has 0 aromatic heterocycles. The van der Waals surface area contributed by atoms with Crippen LogP contribution in [-0.2, 0) is 9.59 Å². The molecule has 1 unspecified atom stereocenters. The molecule has 0 radical (unpaired) electrons. The molecule has 1 heterocycles. The van der Waals surface area contributed by atoms with E-state index in [1.807, 2.05) is 0 Å². The van der Waals surface area contributed by atoms with Crippen LogP contribution in [0, 0.1) is 5.41 Å². The van der Waals surface area contributed by atoms with Crippen molar-refractivity contribution in [1.29, 1.82) is 0 Å². The minimum atomic E-state index is -0.916. The largest absolute Gasteiger partial charge is 0.481 e. The van der Waals surface area contributed by atoms with Crippen LogP contribution in [-0.4, -0.2) is 36.1 Å². The number of amides is 1. The first kappa shape index (κ1) is 14.0. The van der Waals surface area contributed by atoms with E-state index < -0.39 is 11.4 Å². The molecule has 3 N–H and O–H groups in total. The van der Waals surface area contributed by atoms with Gasteiger partial charge in [-0.1, -0.05) is 12.8 Å². The minimum absolute atomic E-state index is 0.0822. The number of aliphatic carboxylic acids is 1. The van der Waals surface area contributed by atoms with Crippen LogP contribution in [0.15, 0.2) is 0 Å². The van der Waals surface area contributed by atoms with Gasteiger partial charge in [0.25, 0.3) is 0 Å². The molecule has 0 aliphatic carbocycles. The lowest BCUT2D eigenvalue weighted by Crippen LogP contribution is -2.47. The van der Waals surface area contributed by atoms with Crippen molar-refractivity contribution in [3.05, 3.63) is 0 Å². The molecule has 1 saturated heterocycles. The zero-order valence-corrected chi connectivity index (χ0v) is 10.6. The quantitative estimate of drug-likeness (QED) is 0.679. The van der Waals surface area contributed by atoms with E-state index in [0.29, 0.717) is 0 Å². The third-order valence-corrected chi connectivity index (χ3v) is 3.16. The molecule has 0 aromatic rings. The SMILES string of the molecule is CC(C)(CNC(=O)C1CCCCCN1)C(=O)O. The van der Waals surface area contributed by atoms with Crippen molar-refractivity contribution in [1.82, 2.24) is 10.6 Å². The molecule has 98 valence electrons. The van der Waals surface area contributed by atoms with Crippen molar-refractivity contribution in [2.75, 3.05) is 13.1 Å². The monoisotopic (exact) mass is 242 g/mol. The second-order valence-corrected chi connectivity index (χ2v) is 5.26. The molecule has 17 heavy (non-hydrogen) atoms. The van der Waals surface area contributed by atoms with Crippen LogP contribution >= 0.6 is 0 Å². The molecular weight excluding hydrogens is 220 g/mol. The summed E-state index contributed by atoms with van der Waals surface area (Å²) < 4.78 is 0. The Labute approximate surface area is 102 Å². The van der Waals surface area contributed by atoms with Gasteiger partial charge in [-0.2, -0.15) is 0 Å². The second kappa shape index (κ2) is 6.00. The molecule has 0 spiro atoms. The van der Waals surface area contributed by atoms with Crippen LogP contribution in [0.4, 0.5) is 0 Å². The predicted octanol–water partition coefficient (Wildman–Crippen LogP) is 0.746. The van der Waals surface area contributed by atoms with E-state index in [9.17, 15) is 9.59 Å². The van der Waals surface area contributed by atoms with Crippen LogP contribution in [0.5, 0.6) is 0 Å². The molecule has 1 amide bonds. The van der Waals surface area contributed by atoms with Gasteiger partial charge in [0.2, 0.25) is 5.91 Å². The highest BCUT2D eigenvalue weighted by atomic mass is 16.4. The Bertz CT molecular complexity index is 281. The van der Waals surface area contributed by atoms with Gasteiger partial charge in [0.1, 0.15) is 0 Å². The maximum absolute atomic E-state index is 11.9. The van der Waals surface area contributed by atoms with E-state index in [-0.39, 0.29) is 18.5 Å². The highest BCUT2D eigenvalue weighted by Crippen LogP contribution is 2.14. The fourth-order valence-corrected chi connectivity index (χ4v) is 1.76. The first-order valence-corrected chi connectivity index (χ1v) is 6.18. The number of carboxylic acid groups (broad SMARTS) is 1. The van der Waals surface area contributed by atoms with Crippen LogP contribution in [0.2, 0.25) is 0 Å². The summed E-state index contributed by atoms with van der Waals surface area (Å²) in [5.41, 5.74) is -0.916. The summed E-state index contributed by atoms with van der Waals surface area (Å²) in [6.45, 7) is 4.24. The zero-order valence-electron chi connectivity index (χ0n) is 10.6. The van der Waals surface area contributed by atoms with Crippen molar-refractivity contribution < 1.29 is 14.7 Å². The summed E-state index contributed by atoms with van der Waals surface area (Å²) in [5, 5.41) is 14.8. The first-order valence-electron chi connectivity index (χ1n) is 6.18. The van der Waals surface area contributed by atoms with Crippen molar-refractivity contribution in [2.24, 2.45) is 5.41 Å². The molecule has 1 fully saturated rings. The van der Waals surface area contributed by atoms with Crippen LogP contribution in [0.3, 0.4) is 0 Å². The van der Waals surface area contributed by atoms with E-state index in [0.717, 1.165) is 32.2 Å². The fraction of sp³-hybridized carbons (Fsp3) is 0.833. The molecule has 1 rings (SSSR count). The van der Waals surface area contributed by atoms with Gasteiger partial charge in [-0.05, 0) is 33.2 Å². The number of carboxylic acids is 1. The highest BCUT2D eigenvalue weighted by molar-refractivity contribution is 5.82. The van der Waals surface area contributed by atoms with Crippen molar-refractivity contribution >= 4 is 11.9 Å². The highest BCUT2D eigenvalue weighted by Gasteiger charge is 2.29.